The van der Waals surface area contributed by atoms with Crippen molar-refractivity contribution >= 4 is 15.7 Å². The van der Waals surface area contributed by atoms with Gasteiger partial charge in [0.2, 0.25) is 5.88 Å². The maximum atomic E-state index is 12.6. The predicted molar refractivity (Wildman–Crippen MR) is 107 cm³/mol. The van der Waals surface area contributed by atoms with Crippen LogP contribution < -0.4 is 14.8 Å². The number of rotatable bonds is 7. The van der Waals surface area contributed by atoms with Gasteiger partial charge in [0.05, 0.1) is 16.3 Å². The van der Waals surface area contributed by atoms with Crippen LogP contribution in [0.3, 0.4) is 0 Å². The van der Waals surface area contributed by atoms with E-state index < -0.39 is 10.0 Å². The van der Waals surface area contributed by atoms with E-state index in [1.165, 1.54) is 6.42 Å². The molecule has 2 aromatic rings. The van der Waals surface area contributed by atoms with Crippen molar-refractivity contribution in [2.75, 3.05) is 17.9 Å². The minimum absolute atomic E-state index is 0.235. The van der Waals surface area contributed by atoms with E-state index >= 15 is 0 Å². The zero-order chi connectivity index (χ0) is 19.4. The van der Waals surface area contributed by atoms with E-state index in [-0.39, 0.29) is 4.90 Å². The Morgan fingerprint density at radius 1 is 1.22 bits per heavy atom. The topological polar surface area (TPSA) is 80.3 Å². The van der Waals surface area contributed by atoms with Crippen molar-refractivity contribution in [3.8, 4) is 5.88 Å². The quantitative estimate of drug-likeness (QED) is 0.758. The molecule has 0 aliphatic carbocycles. The molecule has 1 aromatic carbocycles. The molecule has 2 heterocycles. The number of nitrogens with one attached hydrogen (secondary N) is 2. The SMILES string of the molecule is Cc1nc(OC[C@@H]2CCCN2)ccc1NS(=O)(=O)c1ccc(C(C)C)cc1. The number of hydrogen-bond acceptors (Lipinski definition) is 5. The van der Waals surface area contributed by atoms with Crippen LogP contribution in [0, 0.1) is 6.92 Å². The Balaban J connectivity index is 1.68. The van der Waals surface area contributed by atoms with Crippen molar-refractivity contribution < 1.29 is 13.2 Å². The molecule has 1 aliphatic heterocycles. The third kappa shape index (κ3) is 4.99. The Bertz CT molecular complexity index is 874. The van der Waals surface area contributed by atoms with E-state index in [0.717, 1.165) is 18.5 Å². The van der Waals surface area contributed by atoms with Crippen molar-refractivity contribution in [2.24, 2.45) is 0 Å². The van der Waals surface area contributed by atoms with Crippen molar-refractivity contribution in [3.63, 3.8) is 0 Å². The van der Waals surface area contributed by atoms with E-state index in [2.05, 4.69) is 28.9 Å². The van der Waals surface area contributed by atoms with Crippen molar-refractivity contribution in [1.29, 1.82) is 0 Å². The van der Waals surface area contributed by atoms with Gasteiger partial charge in [-0.3, -0.25) is 4.72 Å². The smallest absolute Gasteiger partial charge is 0.261 e. The van der Waals surface area contributed by atoms with E-state index in [4.69, 9.17) is 4.74 Å². The number of nitrogens with zero attached hydrogens (tertiary/aromatic N) is 1. The van der Waals surface area contributed by atoms with Gasteiger partial charge in [-0.15, -0.1) is 0 Å². The third-order valence-corrected chi connectivity index (χ3v) is 6.14. The average molecular weight is 390 g/mol. The molecule has 0 saturated carbocycles. The minimum Gasteiger partial charge on any atom is -0.476 e. The summed E-state index contributed by atoms with van der Waals surface area (Å²) in [5.41, 5.74) is 2.13. The van der Waals surface area contributed by atoms with Crippen molar-refractivity contribution in [2.45, 2.75) is 50.5 Å². The molecule has 27 heavy (non-hydrogen) atoms. The fraction of sp³-hybridized carbons (Fsp3) is 0.450. The summed E-state index contributed by atoms with van der Waals surface area (Å²) in [4.78, 5) is 4.61. The van der Waals surface area contributed by atoms with Crippen LogP contribution in [0.4, 0.5) is 5.69 Å². The first-order chi connectivity index (χ1) is 12.8. The first-order valence-electron chi connectivity index (χ1n) is 9.32. The third-order valence-electron chi connectivity index (χ3n) is 4.76. The molecule has 1 saturated heterocycles. The fourth-order valence-corrected chi connectivity index (χ4v) is 4.16. The molecular formula is C20H27N3O3S. The van der Waals surface area contributed by atoms with Gasteiger partial charge in [0, 0.05) is 12.1 Å². The van der Waals surface area contributed by atoms with Gasteiger partial charge in [-0.2, -0.15) is 0 Å². The summed E-state index contributed by atoms with van der Waals surface area (Å²) < 4.78 is 33.6. The van der Waals surface area contributed by atoms with Crippen LogP contribution in [0.5, 0.6) is 5.88 Å². The molecule has 1 fully saturated rings. The summed E-state index contributed by atoms with van der Waals surface area (Å²) in [6.07, 6.45) is 2.27. The molecule has 0 spiro atoms. The Kier molecular flexibility index (Phi) is 6.01. The van der Waals surface area contributed by atoms with Crippen LogP contribution in [-0.2, 0) is 10.0 Å². The molecule has 2 N–H and O–H groups in total. The highest BCUT2D eigenvalue weighted by Gasteiger charge is 2.17. The Morgan fingerprint density at radius 2 is 1.96 bits per heavy atom. The van der Waals surface area contributed by atoms with Crippen LogP contribution in [0.1, 0.15) is 43.9 Å². The number of benzene rings is 1. The summed E-state index contributed by atoms with van der Waals surface area (Å²) >= 11 is 0. The summed E-state index contributed by atoms with van der Waals surface area (Å²) in [7, 11) is -3.66. The highest BCUT2D eigenvalue weighted by Crippen LogP contribution is 2.23. The predicted octanol–water partition coefficient (Wildman–Crippen LogP) is 3.45. The van der Waals surface area contributed by atoms with Crippen LogP contribution in [0.2, 0.25) is 0 Å². The molecule has 1 aromatic heterocycles. The van der Waals surface area contributed by atoms with Crippen molar-refractivity contribution in [1.82, 2.24) is 10.3 Å². The first-order valence-corrected chi connectivity index (χ1v) is 10.8. The lowest BCUT2D eigenvalue weighted by atomic mass is 10.0. The van der Waals surface area contributed by atoms with Gasteiger partial charge in [0.25, 0.3) is 10.0 Å². The largest absolute Gasteiger partial charge is 0.476 e. The Labute approximate surface area is 161 Å². The maximum Gasteiger partial charge on any atom is 0.261 e. The number of sulfonamides is 1. The molecule has 7 heteroatoms. The normalized spacial score (nSPS) is 17.3. The van der Waals surface area contributed by atoms with Gasteiger partial charge in [0.15, 0.2) is 0 Å². The molecule has 0 radical (unpaired) electrons. The first kappa shape index (κ1) is 19.6. The lowest BCUT2D eigenvalue weighted by molar-refractivity contribution is 0.267. The number of anilines is 1. The van der Waals surface area contributed by atoms with Gasteiger partial charge >= 0.3 is 0 Å². The molecule has 3 rings (SSSR count). The summed E-state index contributed by atoms with van der Waals surface area (Å²) in [5.74, 6) is 0.860. The molecule has 146 valence electrons. The lowest BCUT2D eigenvalue weighted by Crippen LogP contribution is -2.28. The molecule has 6 nitrogen and oxygen atoms in total. The molecule has 1 atom stereocenters. The van der Waals surface area contributed by atoms with E-state index in [1.807, 2.05) is 12.1 Å². The standard InChI is InChI=1S/C20H27N3O3S/c1-14(2)16-6-8-18(9-7-16)27(24,25)23-19-10-11-20(22-15(19)3)26-13-17-5-4-12-21-17/h6-11,14,17,21,23H,4-5,12-13H2,1-3H3/t17-/m0/s1. The highest BCUT2D eigenvalue weighted by atomic mass is 32.2. The molecule has 0 unspecified atom stereocenters. The van der Waals surface area contributed by atoms with Gasteiger partial charge in [-0.05, 0) is 56.0 Å². The molecular weight excluding hydrogens is 362 g/mol. The van der Waals surface area contributed by atoms with Crippen LogP contribution >= 0.6 is 0 Å². The number of pyridine rings is 1. The summed E-state index contributed by atoms with van der Waals surface area (Å²) in [6, 6.07) is 10.7. The number of hydrogen-bond donors (Lipinski definition) is 2. The second kappa shape index (κ2) is 8.27. The number of aromatic nitrogens is 1. The summed E-state index contributed by atoms with van der Waals surface area (Å²) in [6.45, 7) is 7.51. The second-order valence-electron chi connectivity index (χ2n) is 7.22. The second-order valence-corrected chi connectivity index (χ2v) is 8.90. The van der Waals surface area contributed by atoms with Gasteiger partial charge < -0.3 is 10.1 Å². The van der Waals surface area contributed by atoms with E-state index in [0.29, 0.717) is 35.8 Å². The molecule has 0 amide bonds. The zero-order valence-corrected chi connectivity index (χ0v) is 16.8. The number of aryl methyl sites for hydroxylation is 1. The molecule has 0 bridgehead atoms. The minimum atomic E-state index is -3.66. The maximum absolute atomic E-state index is 12.6. The lowest BCUT2D eigenvalue weighted by Gasteiger charge is -2.14. The van der Waals surface area contributed by atoms with Crippen molar-refractivity contribution in [3.05, 3.63) is 47.7 Å². The zero-order valence-electron chi connectivity index (χ0n) is 16.0. The van der Waals surface area contributed by atoms with Gasteiger partial charge in [0.1, 0.15) is 6.61 Å². The number of ether oxygens (including phenoxy) is 1. The van der Waals surface area contributed by atoms with Crippen LogP contribution in [0.15, 0.2) is 41.3 Å². The Hall–Kier alpha value is -2.12. The van der Waals surface area contributed by atoms with Crippen LogP contribution in [-0.4, -0.2) is 32.6 Å². The van der Waals surface area contributed by atoms with Crippen LogP contribution in [0.25, 0.3) is 0 Å². The average Bonchev–Trinajstić information content (AvgIpc) is 3.15. The van der Waals surface area contributed by atoms with E-state index in [9.17, 15) is 8.42 Å². The van der Waals surface area contributed by atoms with E-state index in [1.54, 1.807) is 31.2 Å². The van der Waals surface area contributed by atoms with Gasteiger partial charge in [-0.1, -0.05) is 26.0 Å². The fourth-order valence-electron chi connectivity index (χ4n) is 3.05. The molecule has 1 aliphatic rings. The van der Waals surface area contributed by atoms with Gasteiger partial charge in [-0.25, -0.2) is 13.4 Å². The Morgan fingerprint density at radius 3 is 2.56 bits per heavy atom. The monoisotopic (exact) mass is 389 g/mol. The highest BCUT2D eigenvalue weighted by molar-refractivity contribution is 7.92. The summed E-state index contributed by atoms with van der Waals surface area (Å²) in [5, 5.41) is 3.37.